The number of rotatable bonds is 0. The van der Waals surface area contributed by atoms with Crippen molar-refractivity contribution >= 4 is 19.8 Å². The van der Waals surface area contributed by atoms with Crippen LogP contribution in [0.25, 0.3) is 0 Å². The van der Waals surface area contributed by atoms with Crippen molar-refractivity contribution in [3.8, 4) is 0 Å². The second kappa shape index (κ2) is 2.04. The molecule has 0 aliphatic carbocycles. The van der Waals surface area contributed by atoms with E-state index in [4.69, 9.17) is 0 Å². The van der Waals surface area contributed by atoms with E-state index in [9.17, 15) is 4.79 Å². The number of carbonyl (C=O) groups excluding carboxylic acids is 1. The maximum absolute atomic E-state index is 10.3. The number of allylic oxidation sites excluding steroid dienone is 1. The van der Waals surface area contributed by atoms with Gasteiger partial charge in [0, 0.05) is 6.08 Å². The van der Waals surface area contributed by atoms with Crippen molar-refractivity contribution in [2.75, 3.05) is 0 Å². The highest BCUT2D eigenvalue weighted by Crippen LogP contribution is 2.03. The van der Waals surface area contributed by atoms with Gasteiger partial charge >= 0.3 is 0 Å². The molecule has 1 aliphatic heterocycles. The van der Waals surface area contributed by atoms with Crippen molar-refractivity contribution in [3.63, 3.8) is 0 Å². The maximum atomic E-state index is 10.3. The summed E-state index contributed by atoms with van der Waals surface area (Å²) in [6, 6.07) is 0. The molecular formula is C5H6OP+. The van der Waals surface area contributed by atoms with Crippen LogP contribution < -0.4 is 0 Å². The summed E-state index contributed by atoms with van der Waals surface area (Å²) in [4.78, 5) is 10.3. The Kier molecular flexibility index (Phi) is 1.38. The zero-order valence-corrected chi connectivity index (χ0v) is 4.85. The lowest BCUT2D eigenvalue weighted by Crippen LogP contribution is -1.92. The Balaban J connectivity index is 2.66. The van der Waals surface area contributed by atoms with Gasteiger partial charge < -0.3 is 0 Å². The Hall–Kier alpha value is -0.420. The molecule has 1 atom stereocenters. The highest BCUT2D eigenvalue weighted by molar-refractivity contribution is 7.42. The molecule has 0 aromatic heterocycles. The Morgan fingerprint density at radius 1 is 1.71 bits per heavy atom. The van der Waals surface area contributed by atoms with E-state index in [1.165, 1.54) is 0 Å². The summed E-state index contributed by atoms with van der Waals surface area (Å²) in [6.07, 6.45) is 2.30. The van der Waals surface area contributed by atoms with Gasteiger partial charge in [-0.3, -0.25) is 4.79 Å². The molecule has 0 aromatic rings. The van der Waals surface area contributed by atoms with Crippen molar-refractivity contribution in [2.24, 2.45) is 0 Å². The van der Waals surface area contributed by atoms with Crippen LogP contribution in [0.1, 0.15) is 6.42 Å². The lowest BCUT2D eigenvalue weighted by molar-refractivity contribution is -0.113. The predicted molar refractivity (Wildman–Crippen MR) is 33.1 cm³/mol. The molecule has 0 radical (unpaired) electrons. The van der Waals surface area contributed by atoms with Gasteiger partial charge in [0.15, 0.2) is 5.78 Å². The van der Waals surface area contributed by atoms with E-state index in [1.807, 2.05) is 11.6 Å². The molecule has 2 heteroatoms. The summed E-state index contributed by atoms with van der Waals surface area (Å²) in [5.74, 6) is 4.15. The summed E-state index contributed by atoms with van der Waals surface area (Å²) >= 11 is 0. The topological polar surface area (TPSA) is 17.1 Å². The molecule has 1 unspecified atom stereocenters. The molecule has 0 bridgehead atoms. The van der Waals surface area contributed by atoms with E-state index in [2.05, 4.69) is 0 Å². The summed E-state index contributed by atoms with van der Waals surface area (Å²) in [5.41, 5.74) is 0. The summed E-state index contributed by atoms with van der Waals surface area (Å²) in [5, 5.41) is 0. The molecule has 0 aromatic carbocycles. The van der Waals surface area contributed by atoms with E-state index in [1.54, 1.807) is 6.08 Å². The largest absolute Gasteiger partial charge is 0.294 e. The van der Waals surface area contributed by atoms with Gasteiger partial charge in [0.2, 0.25) is 0 Å². The average Bonchev–Trinajstić information content (AvgIpc) is 1.69. The molecule has 1 nitrogen and oxygen atoms in total. The smallest absolute Gasteiger partial charge is 0.167 e. The molecule has 0 amide bonds. The number of carbonyl (C=O) groups is 1. The lowest BCUT2D eigenvalue weighted by atomic mass is 10.3. The average molecular weight is 113 g/mol. The standard InChI is InChI=1S/C5H5OP/c6-5-1-3-7-4-2-5/h1,3-4H,2H2/p+1. The Bertz CT molecular complexity index is 135. The normalized spacial score (nSPS) is 20.3. The van der Waals surface area contributed by atoms with Crippen LogP contribution in [0.3, 0.4) is 0 Å². The fourth-order valence-electron chi connectivity index (χ4n) is 0.437. The van der Waals surface area contributed by atoms with Crippen molar-refractivity contribution in [1.82, 2.24) is 0 Å². The third-order valence-corrected chi connectivity index (χ3v) is 1.59. The summed E-state index contributed by atoms with van der Waals surface area (Å²) in [6.45, 7) is 0. The molecular weight excluding hydrogens is 107 g/mol. The van der Waals surface area contributed by atoms with Crippen LogP contribution in [0.5, 0.6) is 0 Å². The van der Waals surface area contributed by atoms with Gasteiger partial charge in [-0.05, 0) is 0 Å². The Labute approximate surface area is 43.8 Å². The van der Waals surface area contributed by atoms with Crippen molar-refractivity contribution in [2.45, 2.75) is 6.42 Å². The first kappa shape index (κ1) is 4.73. The molecule has 0 spiro atoms. The van der Waals surface area contributed by atoms with E-state index in [0.29, 0.717) is 6.42 Å². The minimum Gasteiger partial charge on any atom is -0.294 e. The van der Waals surface area contributed by atoms with Gasteiger partial charge in [-0.1, -0.05) is 0 Å². The quantitative estimate of drug-likeness (QED) is 0.427. The van der Waals surface area contributed by atoms with E-state index < -0.39 is 0 Å². The van der Waals surface area contributed by atoms with Crippen LogP contribution >= 0.6 is 8.20 Å². The first-order chi connectivity index (χ1) is 3.39. The highest BCUT2D eigenvalue weighted by Gasteiger charge is 1.98. The van der Waals surface area contributed by atoms with Crippen molar-refractivity contribution < 1.29 is 4.79 Å². The third kappa shape index (κ3) is 1.24. The van der Waals surface area contributed by atoms with Crippen LogP contribution in [0.2, 0.25) is 0 Å². The fourth-order valence-corrected chi connectivity index (χ4v) is 1.17. The summed E-state index contributed by atoms with van der Waals surface area (Å²) in [7, 11) is 0.761. The second-order valence-corrected chi connectivity index (χ2v) is 2.45. The Morgan fingerprint density at radius 2 is 2.57 bits per heavy atom. The van der Waals surface area contributed by atoms with E-state index in [-0.39, 0.29) is 5.78 Å². The molecule has 0 saturated carbocycles. The zero-order valence-electron chi connectivity index (χ0n) is 3.85. The first-order valence-electron chi connectivity index (χ1n) is 2.17. The molecule has 1 rings (SSSR count). The van der Waals surface area contributed by atoms with Gasteiger partial charge in [0.25, 0.3) is 0 Å². The third-order valence-electron chi connectivity index (χ3n) is 0.787. The second-order valence-electron chi connectivity index (χ2n) is 1.37. The van der Waals surface area contributed by atoms with Crippen molar-refractivity contribution in [1.29, 1.82) is 0 Å². The van der Waals surface area contributed by atoms with Crippen LogP contribution in [-0.4, -0.2) is 11.6 Å². The van der Waals surface area contributed by atoms with Crippen LogP contribution in [0.15, 0.2) is 11.9 Å². The number of ketones is 1. The predicted octanol–water partition coefficient (Wildman–Crippen LogP) is 0.954. The molecule has 1 aliphatic rings. The van der Waals surface area contributed by atoms with Gasteiger partial charge in [-0.15, -0.1) is 0 Å². The van der Waals surface area contributed by atoms with Crippen LogP contribution in [0, 0.1) is 0 Å². The highest BCUT2D eigenvalue weighted by atomic mass is 31.1. The minimum absolute atomic E-state index is 0.235. The maximum Gasteiger partial charge on any atom is 0.167 e. The monoisotopic (exact) mass is 113 g/mol. The summed E-state index contributed by atoms with van der Waals surface area (Å²) < 4.78 is 0. The van der Waals surface area contributed by atoms with Gasteiger partial charge in [-0.2, -0.15) is 0 Å². The molecule has 36 valence electrons. The molecule has 0 saturated heterocycles. The van der Waals surface area contributed by atoms with Crippen LogP contribution in [-0.2, 0) is 4.79 Å². The fraction of sp³-hybridized carbons (Fsp3) is 0.200. The number of hydrogen-bond acceptors (Lipinski definition) is 1. The van der Waals surface area contributed by atoms with E-state index >= 15 is 0 Å². The SMILES string of the molecule is O=C1C=C[PH+]=CC1. The van der Waals surface area contributed by atoms with Gasteiger partial charge in [0.1, 0.15) is 14.0 Å². The van der Waals surface area contributed by atoms with Crippen LogP contribution in [0.4, 0.5) is 0 Å². The molecule has 0 fully saturated rings. The minimum atomic E-state index is 0.235. The first-order valence-corrected chi connectivity index (χ1v) is 3.32. The molecule has 0 N–H and O–H groups in total. The van der Waals surface area contributed by atoms with Gasteiger partial charge in [-0.25, -0.2) is 0 Å². The van der Waals surface area contributed by atoms with E-state index in [0.717, 1.165) is 8.20 Å². The van der Waals surface area contributed by atoms with Gasteiger partial charge in [0.05, 0.1) is 12.2 Å². The number of hydrogen-bond donors (Lipinski definition) is 0. The zero-order chi connectivity index (χ0) is 5.11. The molecule has 1 heterocycles. The molecule has 7 heavy (non-hydrogen) atoms. The Morgan fingerprint density at radius 3 is 2.86 bits per heavy atom. The lowest BCUT2D eigenvalue weighted by Gasteiger charge is -1.81. The van der Waals surface area contributed by atoms with Crippen molar-refractivity contribution in [3.05, 3.63) is 11.9 Å².